The first-order valence-electron chi connectivity index (χ1n) is 24.6. The molecule has 1 unspecified atom stereocenters. The van der Waals surface area contributed by atoms with Crippen molar-refractivity contribution >= 4 is 77.2 Å². The third-order valence-electron chi connectivity index (χ3n) is 15.6. The van der Waals surface area contributed by atoms with E-state index < -0.39 is 5.41 Å². The lowest BCUT2D eigenvalue weighted by molar-refractivity contribution is 0.719. The Morgan fingerprint density at radius 1 is 0.370 bits per heavy atom. The molecular weight excluding hydrogens is 909 g/mol. The summed E-state index contributed by atoms with van der Waals surface area (Å²) in [6.07, 6.45) is 3.92. The molecular formula is C66H38N6S. The number of para-hydroxylation sites is 4. The molecule has 0 bridgehead atoms. The van der Waals surface area contributed by atoms with Crippen molar-refractivity contribution in [1.82, 2.24) is 23.7 Å². The monoisotopic (exact) mass is 946 g/mol. The van der Waals surface area contributed by atoms with Crippen LogP contribution in [0.4, 0.5) is 0 Å². The predicted molar refractivity (Wildman–Crippen MR) is 297 cm³/mol. The largest absolute Gasteiger partial charge is 0.309 e. The zero-order valence-corrected chi connectivity index (χ0v) is 39.8. The first-order chi connectivity index (χ1) is 36.2. The number of nitriles is 1. The molecule has 2 aliphatic rings. The van der Waals surface area contributed by atoms with Gasteiger partial charge < -0.3 is 13.7 Å². The Labute approximate surface area is 423 Å². The van der Waals surface area contributed by atoms with Crippen LogP contribution >= 0.6 is 11.8 Å². The third kappa shape index (κ3) is 5.47. The Morgan fingerprint density at radius 3 is 1.51 bits per heavy atom. The van der Waals surface area contributed by atoms with Gasteiger partial charge in [0.1, 0.15) is 0 Å². The minimum atomic E-state index is -0.707. The summed E-state index contributed by atoms with van der Waals surface area (Å²) in [4.78, 5) is 12.9. The molecule has 9 aromatic carbocycles. The lowest BCUT2D eigenvalue weighted by Gasteiger charge is -2.39. The smallest absolute Gasteiger partial charge is 0.0991 e. The van der Waals surface area contributed by atoms with Crippen molar-refractivity contribution in [3.8, 4) is 45.6 Å². The van der Waals surface area contributed by atoms with E-state index in [0.717, 1.165) is 83.5 Å². The van der Waals surface area contributed by atoms with Gasteiger partial charge in [-0.25, -0.2) is 0 Å². The summed E-state index contributed by atoms with van der Waals surface area (Å²) in [5.41, 5.74) is 18.6. The summed E-state index contributed by atoms with van der Waals surface area (Å²) >= 11 is 1.83. The van der Waals surface area contributed by atoms with Crippen LogP contribution in [0.5, 0.6) is 0 Å². The van der Waals surface area contributed by atoms with Crippen molar-refractivity contribution in [2.75, 3.05) is 0 Å². The molecule has 7 heteroatoms. The van der Waals surface area contributed by atoms with Gasteiger partial charge in [-0.15, -0.1) is 0 Å². The Kier molecular flexibility index (Phi) is 8.28. The van der Waals surface area contributed by atoms with Crippen LogP contribution in [0.2, 0.25) is 0 Å². The molecule has 14 aromatic rings. The molecule has 1 spiro atoms. The highest BCUT2D eigenvalue weighted by Crippen LogP contribution is 2.62. The Hall–Kier alpha value is -9.48. The van der Waals surface area contributed by atoms with Gasteiger partial charge in [0.25, 0.3) is 0 Å². The number of rotatable bonds is 4. The molecule has 73 heavy (non-hydrogen) atoms. The fraction of sp³-hybridized carbons (Fsp3) is 0.0152. The number of aromatic nitrogens is 5. The summed E-state index contributed by atoms with van der Waals surface area (Å²) in [5.74, 6) is 0. The van der Waals surface area contributed by atoms with Crippen molar-refractivity contribution in [3.63, 3.8) is 0 Å². The molecule has 5 aromatic heterocycles. The van der Waals surface area contributed by atoms with Crippen molar-refractivity contribution in [1.29, 1.82) is 5.26 Å². The van der Waals surface area contributed by atoms with Gasteiger partial charge in [0, 0.05) is 65.2 Å². The Bertz CT molecular complexity index is 4630. The van der Waals surface area contributed by atoms with E-state index in [4.69, 9.17) is 9.97 Å². The predicted octanol–water partition coefficient (Wildman–Crippen LogP) is 16.1. The maximum Gasteiger partial charge on any atom is 0.0991 e. The van der Waals surface area contributed by atoms with E-state index in [-0.39, 0.29) is 0 Å². The molecule has 1 atom stereocenters. The maximum atomic E-state index is 10.2. The molecule has 0 amide bonds. The van der Waals surface area contributed by atoms with E-state index in [1.54, 1.807) is 0 Å². The summed E-state index contributed by atoms with van der Waals surface area (Å²) in [6, 6.07) is 81.4. The third-order valence-corrected chi connectivity index (χ3v) is 16.8. The molecule has 16 rings (SSSR count). The number of hydrogen-bond donors (Lipinski definition) is 0. The van der Waals surface area contributed by atoms with Crippen LogP contribution in [-0.4, -0.2) is 23.7 Å². The molecule has 1 aliphatic heterocycles. The van der Waals surface area contributed by atoms with Gasteiger partial charge in [0.15, 0.2) is 0 Å². The molecule has 6 nitrogen and oxygen atoms in total. The van der Waals surface area contributed by atoms with Crippen LogP contribution < -0.4 is 0 Å². The van der Waals surface area contributed by atoms with E-state index in [9.17, 15) is 5.26 Å². The van der Waals surface area contributed by atoms with E-state index >= 15 is 0 Å². The second kappa shape index (κ2) is 15.0. The fourth-order valence-corrected chi connectivity index (χ4v) is 13.8. The topological polar surface area (TPSA) is 64.4 Å². The minimum absolute atomic E-state index is 0.631. The van der Waals surface area contributed by atoms with Gasteiger partial charge in [0.05, 0.1) is 73.4 Å². The van der Waals surface area contributed by atoms with Crippen LogP contribution in [0.15, 0.2) is 241 Å². The van der Waals surface area contributed by atoms with Gasteiger partial charge in [-0.05, 0) is 137 Å². The number of fused-ring (bicyclic) bond motifs is 18. The molecule has 1 aliphatic carbocycles. The van der Waals surface area contributed by atoms with E-state index in [2.05, 4.69) is 226 Å². The molecule has 0 N–H and O–H groups in total. The SMILES string of the molecule is N#Cc1ccc2c(c1)c1cc(-c3ccc4c(c3)C3(c5ccccc5S4)c4cccnc4-c4ncc(-n5c6ccccc6c6ccccc65)cc43)ccc1n2-c1ccc(-n2c3ccccc3c3ccccc32)cc1. The highest BCUT2D eigenvalue weighted by Gasteiger charge is 2.52. The summed E-state index contributed by atoms with van der Waals surface area (Å²) in [7, 11) is 0. The number of pyridine rings is 2. The quantitative estimate of drug-likeness (QED) is 0.176. The van der Waals surface area contributed by atoms with Crippen LogP contribution in [0.3, 0.4) is 0 Å². The molecule has 6 heterocycles. The van der Waals surface area contributed by atoms with Gasteiger partial charge >= 0.3 is 0 Å². The van der Waals surface area contributed by atoms with Crippen LogP contribution in [-0.2, 0) is 5.41 Å². The number of nitrogens with zero attached hydrogens (tertiary/aromatic N) is 6. The second-order valence-corrected chi connectivity index (χ2v) is 20.3. The highest BCUT2D eigenvalue weighted by atomic mass is 32.2. The van der Waals surface area contributed by atoms with Crippen molar-refractivity contribution in [2.45, 2.75) is 15.2 Å². The Morgan fingerprint density at radius 2 is 0.863 bits per heavy atom. The Balaban J connectivity index is 0.883. The standard InChI is InChI=1S/C66H38N6S/c67-38-40-23-30-60-50(34-40)51-35-41(24-31-61(51)71(60)44-28-26-43(27-29-44)70-56-18-6-1-12-46(56)47-13-2-7-19-57(47)70)42-25-32-63-54(36-42)66(52-16-5-10-22-62(52)73-63)53-17-11-33-68-64(53)65-55(66)37-45(39-69-65)72-58-20-8-3-14-48(58)49-15-4-9-21-59(49)72/h1-37,39H. The van der Waals surface area contributed by atoms with Crippen molar-refractivity contribution in [2.24, 2.45) is 0 Å². The van der Waals surface area contributed by atoms with E-state index in [1.165, 1.54) is 53.5 Å². The lowest BCUT2D eigenvalue weighted by Crippen LogP contribution is -2.32. The van der Waals surface area contributed by atoms with Crippen LogP contribution in [0.25, 0.3) is 105 Å². The number of hydrogen-bond acceptors (Lipinski definition) is 4. The van der Waals surface area contributed by atoms with Gasteiger partial charge in [-0.3, -0.25) is 9.97 Å². The average Bonchev–Trinajstić information content (AvgIpc) is 4.23. The summed E-state index contributed by atoms with van der Waals surface area (Å²) < 4.78 is 7.06. The van der Waals surface area contributed by atoms with E-state index in [0.29, 0.717) is 5.56 Å². The highest BCUT2D eigenvalue weighted by molar-refractivity contribution is 7.99. The second-order valence-electron chi connectivity index (χ2n) is 19.2. The molecule has 338 valence electrons. The zero-order valence-electron chi connectivity index (χ0n) is 39.0. The zero-order chi connectivity index (χ0) is 47.9. The molecule has 0 radical (unpaired) electrons. The maximum absolute atomic E-state index is 10.2. The molecule has 0 fully saturated rings. The lowest BCUT2D eigenvalue weighted by atomic mass is 9.67. The van der Waals surface area contributed by atoms with Gasteiger partial charge in [0.2, 0.25) is 0 Å². The first kappa shape index (κ1) is 40.3. The van der Waals surface area contributed by atoms with Crippen molar-refractivity contribution in [3.05, 3.63) is 259 Å². The van der Waals surface area contributed by atoms with Crippen LogP contribution in [0.1, 0.15) is 27.8 Å². The van der Waals surface area contributed by atoms with Gasteiger partial charge in [-0.2, -0.15) is 5.26 Å². The molecule has 0 saturated heterocycles. The molecule has 0 saturated carbocycles. The fourth-order valence-electron chi connectivity index (χ4n) is 12.6. The minimum Gasteiger partial charge on any atom is -0.309 e. The summed E-state index contributed by atoms with van der Waals surface area (Å²) in [5, 5.41) is 17.2. The number of benzene rings is 9. The average molecular weight is 947 g/mol. The van der Waals surface area contributed by atoms with Crippen LogP contribution in [0, 0.1) is 11.3 Å². The van der Waals surface area contributed by atoms with Gasteiger partial charge in [-0.1, -0.05) is 121 Å². The normalized spacial score (nSPS) is 14.6. The first-order valence-corrected chi connectivity index (χ1v) is 25.4. The summed E-state index contributed by atoms with van der Waals surface area (Å²) in [6.45, 7) is 0. The van der Waals surface area contributed by atoms with E-state index in [1.807, 2.05) is 36.3 Å². The van der Waals surface area contributed by atoms with Crippen molar-refractivity contribution < 1.29 is 0 Å².